The fourth-order valence-corrected chi connectivity index (χ4v) is 2.96. The summed E-state index contributed by atoms with van der Waals surface area (Å²) in [5.41, 5.74) is 0. The van der Waals surface area contributed by atoms with Crippen LogP contribution in [0.3, 0.4) is 0 Å². The Morgan fingerprint density at radius 3 is 2.96 bits per heavy atom. The van der Waals surface area contributed by atoms with E-state index in [1.54, 1.807) is 12.1 Å². The Morgan fingerprint density at radius 1 is 1.39 bits per heavy atom. The molecule has 2 aliphatic rings. The summed E-state index contributed by atoms with van der Waals surface area (Å²) >= 11 is 5.88. The Morgan fingerprint density at radius 2 is 2.22 bits per heavy atom. The number of likely N-dealkylation sites (tertiary alicyclic amines) is 1. The monoisotopic (exact) mass is 336 g/mol. The van der Waals surface area contributed by atoms with E-state index in [1.807, 2.05) is 17.0 Å². The third-order valence-electron chi connectivity index (χ3n) is 4.23. The quantitative estimate of drug-likeness (QED) is 0.776. The fraction of sp³-hybridized carbons (Fsp3) is 0.529. The number of amides is 2. The van der Waals surface area contributed by atoms with E-state index in [0.717, 1.165) is 6.54 Å². The molecule has 2 amide bonds. The molecule has 1 aliphatic heterocycles. The van der Waals surface area contributed by atoms with Crippen molar-refractivity contribution in [3.8, 4) is 5.75 Å². The molecule has 124 valence electrons. The molecule has 6 heteroatoms. The first-order valence-corrected chi connectivity index (χ1v) is 8.43. The molecule has 23 heavy (non-hydrogen) atoms. The number of benzene rings is 1. The van der Waals surface area contributed by atoms with Crippen LogP contribution >= 0.6 is 11.6 Å². The number of nitrogens with one attached hydrogen (secondary N) is 1. The van der Waals surface area contributed by atoms with Crippen LogP contribution in [-0.2, 0) is 9.59 Å². The van der Waals surface area contributed by atoms with E-state index in [-0.39, 0.29) is 17.7 Å². The molecule has 0 unspecified atom stereocenters. The molecule has 2 fully saturated rings. The number of hydrogen-bond donors (Lipinski definition) is 1. The number of carbonyl (C=O) groups excluding carboxylic acids is 2. The molecule has 1 aromatic carbocycles. The molecule has 0 radical (unpaired) electrons. The van der Waals surface area contributed by atoms with Gasteiger partial charge in [0, 0.05) is 24.5 Å². The molecule has 1 heterocycles. The maximum atomic E-state index is 12.1. The lowest BCUT2D eigenvalue weighted by atomic mass is 10.1. The maximum Gasteiger partial charge on any atom is 0.225 e. The second-order valence-corrected chi connectivity index (χ2v) is 6.68. The van der Waals surface area contributed by atoms with E-state index >= 15 is 0 Å². The summed E-state index contributed by atoms with van der Waals surface area (Å²) < 4.78 is 5.53. The van der Waals surface area contributed by atoms with Crippen LogP contribution in [0.2, 0.25) is 5.02 Å². The maximum absolute atomic E-state index is 12.1. The predicted molar refractivity (Wildman–Crippen MR) is 87.4 cm³/mol. The second kappa shape index (κ2) is 7.21. The summed E-state index contributed by atoms with van der Waals surface area (Å²) in [5, 5.41) is 3.46. The van der Waals surface area contributed by atoms with Crippen LogP contribution in [0.25, 0.3) is 0 Å². The minimum Gasteiger partial charge on any atom is -0.492 e. The van der Waals surface area contributed by atoms with Crippen molar-refractivity contribution in [2.24, 2.45) is 11.8 Å². The zero-order valence-electron chi connectivity index (χ0n) is 13.0. The smallest absolute Gasteiger partial charge is 0.225 e. The highest BCUT2D eigenvalue weighted by atomic mass is 35.5. The van der Waals surface area contributed by atoms with Gasteiger partial charge >= 0.3 is 0 Å². The van der Waals surface area contributed by atoms with E-state index in [9.17, 15) is 9.59 Å². The van der Waals surface area contributed by atoms with Crippen molar-refractivity contribution in [2.45, 2.75) is 19.3 Å². The van der Waals surface area contributed by atoms with Crippen molar-refractivity contribution in [2.75, 3.05) is 26.2 Å². The molecule has 0 aromatic heterocycles. The van der Waals surface area contributed by atoms with Gasteiger partial charge in [-0.25, -0.2) is 0 Å². The number of nitrogens with zero attached hydrogens (tertiary/aromatic N) is 1. The molecule has 0 spiro atoms. The third kappa shape index (κ3) is 4.61. The average Bonchev–Trinajstić information content (AvgIpc) is 3.26. The van der Waals surface area contributed by atoms with Crippen LogP contribution in [0, 0.1) is 11.8 Å². The van der Waals surface area contributed by atoms with Gasteiger partial charge in [0.15, 0.2) is 0 Å². The topological polar surface area (TPSA) is 58.6 Å². The molecular formula is C17H21ClN2O3. The summed E-state index contributed by atoms with van der Waals surface area (Å²) in [4.78, 5) is 25.9. The highest BCUT2D eigenvalue weighted by Crippen LogP contribution is 2.31. The Kier molecular flexibility index (Phi) is 5.06. The summed E-state index contributed by atoms with van der Waals surface area (Å²) in [6.45, 7) is 2.16. The number of hydrogen-bond acceptors (Lipinski definition) is 3. The lowest BCUT2D eigenvalue weighted by Gasteiger charge is -2.16. The third-order valence-corrected chi connectivity index (χ3v) is 4.46. The molecular weight excluding hydrogens is 316 g/mol. The zero-order chi connectivity index (χ0) is 16.2. The molecule has 3 rings (SSSR count). The van der Waals surface area contributed by atoms with E-state index in [4.69, 9.17) is 16.3 Å². The average molecular weight is 337 g/mol. The largest absolute Gasteiger partial charge is 0.492 e. The zero-order valence-corrected chi connectivity index (χ0v) is 13.7. The molecule has 5 nitrogen and oxygen atoms in total. The van der Waals surface area contributed by atoms with Gasteiger partial charge in [0.1, 0.15) is 12.4 Å². The van der Waals surface area contributed by atoms with E-state index in [1.165, 1.54) is 12.8 Å². The first-order chi connectivity index (χ1) is 11.1. The minimum absolute atomic E-state index is 0.0636. The van der Waals surface area contributed by atoms with Crippen LogP contribution in [0.4, 0.5) is 0 Å². The lowest BCUT2D eigenvalue weighted by molar-refractivity contribution is -0.129. The number of ether oxygens (including phenoxy) is 1. The summed E-state index contributed by atoms with van der Waals surface area (Å²) in [6.07, 6.45) is 2.75. The van der Waals surface area contributed by atoms with Crippen molar-refractivity contribution in [1.82, 2.24) is 10.2 Å². The van der Waals surface area contributed by atoms with Gasteiger partial charge in [0.2, 0.25) is 11.8 Å². The Hall–Kier alpha value is -1.75. The summed E-state index contributed by atoms with van der Waals surface area (Å²) in [6, 6.07) is 7.14. The molecule has 1 saturated carbocycles. The normalized spacial score (nSPS) is 20.7. The summed E-state index contributed by atoms with van der Waals surface area (Å²) in [7, 11) is 0. The number of rotatable bonds is 7. The van der Waals surface area contributed by atoms with Gasteiger partial charge in [-0.3, -0.25) is 9.59 Å². The SMILES string of the molecule is O=C(NCCOc1cccc(Cl)c1)[C@@H]1CC(=O)N(CC2CC2)C1. The highest BCUT2D eigenvalue weighted by molar-refractivity contribution is 6.30. The van der Waals surface area contributed by atoms with Crippen LogP contribution in [0.5, 0.6) is 5.75 Å². The van der Waals surface area contributed by atoms with Crippen molar-refractivity contribution < 1.29 is 14.3 Å². The standard InChI is InChI=1S/C17H21ClN2O3/c18-14-2-1-3-15(9-14)23-7-6-19-17(22)13-8-16(21)20(11-13)10-12-4-5-12/h1-3,9,12-13H,4-8,10-11H2,(H,19,22)/t13-/m1/s1. The highest BCUT2D eigenvalue weighted by Gasteiger charge is 2.36. The molecule has 1 saturated heterocycles. The van der Waals surface area contributed by atoms with Crippen LogP contribution in [-0.4, -0.2) is 43.0 Å². The number of halogens is 1. The number of carbonyl (C=O) groups is 2. The van der Waals surface area contributed by atoms with Gasteiger partial charge < -0.3 is 15.0 Å². The van der Waals surface area contributed by atoms with Crippen molar-refractivity contribution in [3.05, 3.63) is 29.3 Å². The van der Waals surface area contributed by atoms with E-state index < -0.39 is 0 Å². The molecule has 1 N–H and O–H groups in total. The minimum atomic E-state index is -0.229. The van der Waals surface area contributed by atoms with Crippen LogP contribution in [0.1, 0.15) is 19.3 Å². The van der Waals surface area contributed by atoms with E-state index in [0.29, 0.717) is 42.8 Å². The van der Waals surface area contributed by atoms with Gasteiger partial charge in [0.25, 0.3) is 0 Å². The second-order valence-electron chi connectivity index (χ2n) is 6.24. The van der Waals surface area contributed by atoms with Crippen molar-refractivity contribution in [1.29, 1.82) is 0 Å². The molecule has 1 aromatic rings. The van der Waals surface area contributed by atoms with E-state index in [2.05, 4.69) is 5.32 Å². The van der Waals surface area contributed by atoms with Gasteiger partial charge in [-0.05, 0) is 37.0 Å². The van der Waals surface area contributed by atoms with Crippen LogP contribution in [0.15, 0.2) is 24.3 Å². The van der Waals surface area contributed by atoms with Crippen LogP contribution < -0.4 is 10.1 Å². The lowest BCUT2D eigenvalue weighted by Crippen LogP contribution is -2.35. The van der Waals surface area contributed by atoms with Crippen molar-refractivity contribution in [3.63, 3.8) is 0 Å². The van der Waals surface area contributed by atoms with Gasteiger partial charge in [-0.2, -0.15) is 0 Å². The predicted octanol–water partition coefficient (Wildman–Crippen LogP) is 2.09. The molecule has 0 bridgehead atoms. The molecule has 1 atom stereocenters. The molecule has 1 aliphatic carbocycles. The summed E-state index contributed by atoms with van der Waals surface area (Å²) in [5.74, 6) is 1.15. The first kappa shape index (κ1) is 16.1. The first-order valence-electron chi connectivity index (χ1n) is 8.05. The fourth-order valence-electron chi connectivity index (χ4n) is 2.78. The van der Waals surface area contributed by atoms with Gasteiger partial charge in [-0.1, -0.05) is 17.7 Å². The van der Waals surface area contributed by atoms with Gasteiger partial charge in [-0.15, -0.1) is 0 Å². The Balaban J connectivity index is 1.37. The Bertz CT molecular complexity index is 589. The Labute approximate surface area is 140 Å². The van der Waals surface area contributed by atoms with Gasteiger partial charge in [0.05, 0.1) is 12.5 Å². The van der Waals surface area contributed by atoms with Crippen molar-refractivity contribution >= 4 is 23.4 Å².